The molecule has 104 valence electrons. The lowest BCUT2D eigenvalue weighted by Gasteiger charge is -2.05. The van der Waals surface area contributed by atoms with Crippen LogP contribution in [0.5, 0.6) is 0 Å². The molecule has 0 aliphatic heterocycles. The minimum Gasteiger partial charge on any atom is -0.287 e. The van der Waals surface area contributed by atoms with Crippen molar-refractivity contribution in [1.29, 1.82) is 0 Å². The van der Waals surface area contributed by atoms with Gasteiger partial charge in [-0.1, -0.05) is 42.5 Å². The zero-order valence-corrected chi connectivity index (χ0v) is 12.5. The first-order valence-corrected chi connectivity index (χ1v) is 7.52. The number of benzene rings is 2. The van der Waals surface area contributed by atoms with E-state index in [4.69, 9.17) is 0 Å². The van der Waals surface area contributed by atoms with Crippen molar-refractivity contribution in [3.63, 3.8) is 0 Å². The fourth-order valence-electron chi connectivity index (χ4n) is 2.49. The van der Waals surface area contributed by atoms with Crippen molar-refractivity contribution < 1.29 is 9.36 Å². The van der Waals surface area contributed by atoms with Crippen molar-refractivity contribution in [2.24, 2.45) is 0 Å². The maximum absolute atomic E-state index is 12.5. The van der Waals surface area contributed by atoms with E-state index in [0.29, 0.717) is 12.3 Å². The standard InChI is InChI=1S/C18H15NOS/c20-18(15-7-2-1-3-8-15)12-19-16(13-21)11-10-14-6-4-5-9-17(14)19/h1-11H,12-13H2/p+1. The van der Waals surface area contributed by atoms with E-state index < -0.39 is 0 Å². The number of pyridine rings is 1. The van der Waals surface area contributed by atoms with Gasteiger partial charge in [0.1, 0.15) is 0 Å². The number of rotatable bonds is 4. The van der Waals surface area contributed by atoms with Crippen molar-refractivity contribution >= 4 is 29.3 Å². The molecule has 2 nitrogen and oxygen atoms in total. The molecule has 0 amide bonds. The molecule has 3 aromatic rings. The first kappa shape index (κ1) is 13.8. The van der Waals surface area contributed by atoms with Gasteiger partial charge >= 0.3 is 0 Å². The lowest BCUT2D eigenvalue weighted by Crippen LogP contribution is -2.42. The van der Waals surface area contributed by atoms with Gasteiger partial charge in [0.05, 0.1) is 5.75 Å². The molecule has 0 spiro atoms. The highest BCUT2D eigenvalue weighted by Gasteiger charge is 2.19. The molecule has 0 N–H and O–H groups in total. The highest BCUT2D eigenvalue weighted by molar-refractivity contribution is 7.79. The van der Waals surface area contributed by atoms with E-state index in [1.165, 1.54) is 0 Å². The Morgan fingerprint density at radius 2 is 1.62 bits per heavy atom. The fourth-order valence-corrected chi connectivity index (χ4v) is 2.76. The number of carbonyl (C=O) groups excluding carboxylic acids is 1. The normalized spacial score (nSPS) is 10.7. The molecule has 2 aromatic carbocycles. The van der Waals surface area contributed by atoms with Crippen LogP contribution in [0, 0.1) is 0 Å². The quantitative estimate of drug-likeness (QED) is 0.444. The van der Waals surface area contributed by atoms with Gasteiger partial charge in [0.25, 0.3) is 0 Å². The Labute approximate surface area is 129 Å². The van der Waals surface area contributed by atoms with Crippen molar-refractivity contribution in [2.45, 2.75) is 12.3 Å². The third kappa shape index (κ3) is 2.83. The van der Waals surface area contributed by atoms with Crippen LogP contribution in [0.15, 0.2) is 66.7 Å². The molecule has 0 aliphatic rings. The molecule has 0 aliphatic carbocycles. The number of carbonyl (C=O) groups is 1. The average Bonchev–Trinajstić information content (AvgIpc) is 2.56. The van der Waals surface area contributed by atoms with Gasteiger partial charge in [-0.25, -0.2) is 0 Å². The second-order valence-electron chi connectivity index (χ2n) is 4.92. The van der Waals surface area contributed by atoms with Crippen LogP contribution in [-0.4, -0.2) is 5.78 Å². The van der Waals surface area contributed by atoms with Crippen LogP contribution in [-0.2, 0) is 12.3 Å². The summed E-state index contributed by atoms with van der Waals surface area (Å²) < 4.78 is 2.05. The van der Waals surface area contributed by atoms with Crippen molar-refractivity contribution in [2.75, 3.05) is 0 Å². The monoisotopic (exact) mass is 294 g/mol. The first-order valence-electron chi connectivity index (χ1n) is 6.89. The molecule has 0 unspecified atom stereocenters. The predicted molar refractivity (Wildman–Crippen MR) is 87.6 cm³/mol. The molecule has 0 fully saturated rings. The van der Waals surface area contributed by atoms with Crippen molar-refractivity contribution in [3.05, 3.63) is 78.0 Å². The van der Waals surface area contributed by atoms with E-state index in [1.807, 2.05) is 54.6 Å². The van der Waals surface area contributed by atoms with E-state index >= 15 is 0 Å². The number of ketones is 1. The van der Waals surface area contributed by atoms with Crippen LogP contribution in [0.4, 0.5) is 0 Å². The van der Waals surface area contributed by atoms with Crippen LogP contribution in [0.25, 0.3) is 10.9 Å². The van der Waals surface area contributed by atoms with Crippen LogP contribution in [0.3, 0.4) is 0 Å². The summed E-state index contributed by atoms with van der Waals surface area (Å²) in [4.78, 5) is 12.5. The number of Topliss-reactive ketones (excluding diaryl/α,β-unsaturated/α-hetero) is 1. The number of hydrogen-bond donors (Lipinski definition) is 1. The lowest BCUT2D eigenvalue weighted by atomic mass is 10.1. The SMILES string of the molecule is O=C(C[n+]1c(CS)ccc2ccccc21)c1ccccc1. The molecular formula is C18H16NOS+. The van der Waals surface area contributed by atoms with Gasteiger partial charge in [-0.05, 0) is 12.1 Å². The average molecular weight is 294 g/mol. The molecular weight excluding hydrogens is 278 g/mol. The summed E-state index contributed by atoms with van der Waals surface area (Å²) in [6.07, 6.45) is 0. The Kier molecular flexibility index (Phi) is 4.02. The van der Waals surface area contributed by atoms with Crippen LogP contribution in [0.2, 0.25) is 0 Å². The summed E-state index contributed by atoms with van der Waals surface area (Å²) in [6.45, 7) is 0.335. The number of nitrogens with zero attached hydrogens (tertiary/aromatic N) is 1. The van der Waals surface area contributed by atoms with Gasteiger partial charge in [0.2, 0.25) is 17.8 Å². The molecule has 0 saturated heterocycles. The smallest absolute Gasteiger partial charge is 0.227 e. The Hall–Kier alpha value is -2.13. The Balaban J connectivity index is 2.05. The van der Waals surface area contributed by atoms with E-state index in [-0.39, 0.29) is 5.78 Å². The topological polar surface area (TPSA) is 20.9 Å². The van der Waals surface area contributed by atoms with Crippen LogP contribution in [0.1, 0.15) is 16.1 Å². The van der Waals surface area contributed by atoms with Gasteiger partial charge < -0.3 is 0 Å². The van der Waals surface area contributed by atoms with E-state index in [9.17, 15) is 4.79 Å². The molecule has 0 atom stereocenters. The lowest BCUT2D eigenvalue weighted by molar-refractivity contribution is -0.663. The zero-order valence-electron chi connectivity index (χ0n) is 11.6. The summed E-state index contributed by atoms with van der Waals surface area (Å²) in [5.74, 6) is 0.715. The summed E-state index contributed by atoms with van der Waals surface area (Å²) in [6, 6.07) is 21.6. The summed E-state index contributed by atoms with van der Waals surface area (Å²) in [5.41, 5.74) is 2.85. The third-order valence-corrected chi connectivity index (χ3v) is 3.91. The van der Waals surface area contributed by atoms with Gasteiger partial charge in [0.15, 0.2) is 5.69 Å². The summed E-state index contributed by atoms with van der Waals surface area (Å²) in [7, 11) is 0. The largest absolute Gasteiger partial charge is 0.287 e. The summed E-state index contributed by atoms with van der Waals surface area (Å²) >= 11 is 4.38. The maximum Gasteiger partial charge on any atom is 0.227 e. The molecule has 1 heterocycles. The van der Waals surface area contributed by atoms with Crippen molar-refractivity contribution in [1.82, 2.24) is 0 Å². The molecule has 0 bridgehead atoms. The minimum absolute atomic E-state index is 0.111. The Morgan fingerprint density at radius 1 is 0.905 bits per heavy atom. The molecule has 21 heavy (non-hydrogen) atoms. The molecule has 1 aromatic heterocycles. The Bertz CT molecular complexity index is 784. The third-order valence-electron chi connectivity index (χ3n) is 3.59. The minimum atomic E-state index is 0.111. The van der Waals surface area contributed by atoms with Crippen LogP contribution >= 0.6 is 12.6 Å². The number of aromatic nitrogens is 1. The zero-order chi connectivity index (χ0) is 14.7. The second kappa shape index (κ2) is 6.10. The number of thiol groups is 1. The first-order chi connectivity index (χ1) is 10.3. The number of hydrogen-bond acceptors (Lipinski definition) is 2. The summed E-state index contributed by atoms with van der Waals surface area (Å²) in [5, 5.41) is 1.13. The van der Waals surface area contributed by atoms with E-state index in [0.717, 1.165) is 22.2 Å². The second-order valence-corrected chi connectivity index (χ2v) is 5.23. The van der Waals surface area contributed by atoms with Crippen LogP contribution < -0.4 is 4.57 Å². The molecule has 3 heteroatoms. The van der Waals surface area contributed by atoms with Crippen molar-refractivity contribution in [3.8, 4) is 0 Å². The highest BCUT2D eigenvalue weighted by Crippen LogP contribution is 2.12. The Morgan fingerprint density at radius 3 is 2.38 bits per heavy atom. The van der Waals surface area contributed by atoms with E-state index in [1.54, 1.807) is 0 Å². The van der Waals surface area contributed by atoms with Gasteiger partial charge in [-0.3, -0.25) is 4.79 Å². The predicted octanol–water partition coefficient (Wildman–Crippen LogP) is 3.44. The van der Waals surface area contributed by atoms with Gasteiger partial charge in [-0.15, -0.1) is 0 Å². The number of para-hydroxylation sites is 1. The fraction of sp³-hybridized carbons (Fsp3) is 0.111. The van der Waals surface area contributed by atoms with E-state index in [2.05, 4.69) is 29.3 Å². The highest BCUT2D eigenvalue weighted by atomic mass is 32.1. The molecule has 0 saturated carbocycles. The maximum atomic E-state index is 12.5. The number of fused-ring (bicyclic) bond motifs is 1. The van der Waals surface area contributed by atoms with Gasteiger partial charge in [0, 0.05) is 23.1 Å². The molecule has 3 rings (SSSR count). The molecule has 0 radical (unpaired) electrons. The van der Waals surface area contributed by atoms with Gasteiger partial charge in [-0.2, -0.15) is 17.2 Å².